The fraction of sp³-hybridized carbons (Fsp3) is 0.379. The Morgan fingerprint density at radius 2 is 1.62 bits per heavy atom. The molecule has 0 bridgehead atoms. The molecule has 2 aromatic rings. The zero-order valence-corrected chi connectivity index (χ0v) is 23.9. The van der Waals surface area contributed by atoms with E-state index in [-0.39, 0.29) is 18.2 Å². The van der Waals surface area contributed by atoms with Crippen molar-refractivity contribution in [2.75, 3.05) is 13.7 Å². The molecule has 0 fully saturated rings. The predicted octanol–water partition coefficient (Wildman–Crippen LogP) is 7.78. The molecule has 0 unspecified atom stereocenters. The number of methoxy groups -OCH3 is 1. The monoisotopic (exact) mass is 603 g/mol. The molecule has 2 aliphatic carbocycles. The van der Waals surface area contributed by atoms with Gasteiger partial charge in [-0.05, 0) is 78.4 Å². The molecular formula is C29H28BrCl2NO4. The van der Waals surface area contributed by atoms with Crippen LogP contribution in [0.2, 0.25) is 10.0 Å². The van der Waals surface area contributed by atoms with E-state index in [0.717, 1.165) is 65.9 Å². The highest BCUT2D eigenvalue weighted by molar-refractivity contribution is 9.10. The van der Waals surface area contributed by atoms with Crippen LogP contribution in [0.4, 0.5) is 0 Å². The van der Waals surface area contributed by atoms with Crippen LogP contribution in [0.1, 0.15) is 62.5 Å². The number of halogens is 3. The van der Waals surface area contributed by atoms with Gasteiger partial charge in [-0.1, -0.05) is 29.3 Å². The largest absolute Gasteiger partial charge is 0.493 e. The van der Waals surface area contributed by atoms with E-state index >= 15 is 0 Å². The van der Waals surface area contributed by atoms with Crippen LogP contribution >= 0.6 is 39.1 Å². The second-order valence-electron chi connectivity index (χ2n) is 9.51. The maximum absolute atomic E-state index is 13.4. The van der Waals surface area contributed by atoms with Crippen molar-refractivity contribution in [2.24, 2.45) is 0 Å². The van der Waals surface area contributed by atoms with Crippen LogP contribution in [0, 0.1) is 0 Å². The Bertz CT molecular complexity index is 1310. The van der Waals surface area contributed by atoms with Crippen molar-refractivity contribution in [1.82, 2.24) is 4.90 Å². The highest BCUT2D eigenvalue weighted by Gasteiger charge is 2.43. The Balaban J connectivity index is 1.59. The van der Waals surface area contributed by atoms with Gasteiger partial charge in [0.05, 0.1) is 11.6 Å². The minimum absolute atomic E-state index is 0.127. The molecular weight excluding hydrogens is 577 g/mol. The van der Waals surface area contributed by atoms with Crippen molar-refractivity contribution in [3.8, 4) is 11.5 Å². The van der Waals surface area contributed by atoms with E-state index in [1.54, 1.807) is 19.2 Å². The summed E-state index contributed by atoms with van der Waals surface area (Å²) in [4.78, 5) is 29.0. The maximum atomic E-state index is 13.4. The molecule has 8 heteroatoms. The Morgan fingerprint density at radius 1 is 0.973 bits per heavy atom. The number of carbonyl (C=O) groups excluding carboxylic acids is 2. The molecule has 0 radical (unpaired) electrons. The van der Waals surface area contributed by atoms with E-state index in [4.69, 9.17) is 32.7 Å². The van der Waals surface area contributed by atoms with Crippen LogP contribution in [0.5, 0.6) is 11.5 Å². The van der Waals surface area contributed by atoms with Crippen LogP contribution in [0.25, 0.3) is 0 Å². The number of hydrogen-bond acceptors (Lipinski definition) is 5. The topological polar surface area (TPSA) is 55.8 Å². The van der Waals surface area contributed by atoms with Gasteiger partial charge in [-0.25, -0.2) is 0 Å². The van der Waals surface area contributed by atoms with Gasteiger partial charge in [0.2, 0.25) is 0 Å². The second-order valence-corrected chi connectivity index (χ2v) is 11.2. The third-order valence-corrected chi connectivity index (χ3v) is 8.55. The van der Waals surface area contributed by atoms with E-state index < -0.39 is 5.92 Å². The third kappa shape index (κ3) is 4.84. The van der Waals surface area contributed by atoms with E-state index in [1.165, 1.54) is 0 Å². The van der Waals surface area contributed by atoms with E-state index in [9.17, 15) is 9.59 Å². The van der Waals surface area contributed by atoms with Crippen molar-refractivity contribution in [2.45, 2.75) is 58.0 Å². The fourth-order valence-electron chi connectivity index (χ4n) is 5.77. The lowest BCUT2D eigenvalue weighted by atomic mass is 9.71. The number of nitrogens with zero attached hydrogens (tertiary/aromatic N) is 1. The van der Waals surface area contributed by atoms with Crippen LogP contribution in [-0.2, 0) is 16.2 Å². The zero-order chi connectivity index (χ0) is 26.3. The number of ether oxygens (including phenoxy) is 2. The second kappa shape index (κ2) is 10.8. The number of hydrogen-bond donors (Lipinski definition) is 0. The highest BCUT2D eigenvalue weighted by atomic mass is 79.9. The van der Waals surface area contributed by atoms with Gasteiger partial charge in [-0.2, -0.15) is 0 Å². The minimum Gasteiger partial charge on any atom is -0.493 e. The normalized spacial score (nSPS) is 18.2. The van der Waals surface area contributed by atoms with Gasteiger partial charge >= 0.3 is 0 Å². The van der Waals surface area contributed by atoms with Gasteiger partial charge in [-0.3, -0.25) is 9.59 Å². The first-order valence-electron chi connectivity index (χ1n) is 12.6. The van der Waals surface area contributed by atoms with Crippen LogP contribution < -0.4 is 9.47 Å². The van der Waals surface area contributed by atoms with Gasteiger partial charge in [0.25, 0.3) is 0 Å². The summed E-state index contributed by atoms with van der Waals surface area (Å²) in [5, 5.41) is 1.08. The first-order valence-corrected chi connectivity index (χ1v) is 14.1. The molecule has 0 aromatic heterocycles. The third-order valence-electron chi connectivity index (χ3n) is 7.37. The van der Waals surface area contributed by atoms with E-state index in [2.05, 4.69) is 27.8 Å². The summed E-state index contributed by atoms with van der Waals surface area (Å²) in [6.07, 6.45) is 4.38. The lowest BCUT2D eigenvalue weighted by Gasteiger charge is -2.43. The number of allylic oxidation sites excluding steroid dienone is 4. The minimum atomic E-state index is -0.404. The standard InChI is InChI=1S/C29H28BrCl2NO4/c1-3-33-21-6-4-8-23(34)27(21)26(28-22(33)7-5-9-24(28)35)17-12-19(30)29(25(13-17)36-2)37-15-16-10-11-18(31)14-20(16)32/h10-14,26H,3-9,15H2,1-2H3. The Labute approximate surface area is 235 Å². The van der Waals surface area contributed by atoms with Gasteiger partial charge in [0, 0.05) is 63.5 Å². The summed E-state index contributed by atoms with van der Waals surface area (Å²) in [5.41, 5.74) is 5.31. The molecule has 1 aliphatic heterocycles. The Hall–Kier alpha value is -2.28. The van der Waals surface area contributed by atoms with Crippen molar-refractivity contribution >= 4 is 50.7 Å². The lowest BCUT2D eigenvalue weighted by molar-refractivity contribution is -0.117. The Morgan fingerprint density at radius 3 is 2.19 bits per heavy atom. The average Bonchev–Trinajstić information content (AvgIpc) is 2.87. The molecule has 0 N–H and O–H groups in total. The molecule has 194 valence electrons. The van der Waals surface area contributed by atoms with Crippen LogP contribution in [-0.4, -0.2) is 30.1 Å². The van der Waals surface area contributed by atoms with Crippen LogP contribution in [0.3, 0.4) is 0 Å². The van der Waals surface area contributed by atoms with Crippen molar-refractivity contribution in [1.29, 1.82) is 0 Å². The van der Waals surface area contributed by atoms with Gasteiger partial charge in [0.15, 0.2) is 23.1 Å². The smallest absolute Gasteiger partial charge is 0.175 e. The summed E-state index contributed by atoms with van der Waals surface area (Å²) in [7, 11) is 1.58. The molecule has 2 aromatic carbocycles. The maximum Gasteiger partial charge on any atom is 0.175 e. The molecule has 0 atom stereocenters. The molecule has 0 amide bonds. The van der Waals surface area contributed by atoms with Crippen molar-refractivity contribution in [3.63, 3.8) is 0 Å². The first-order chi connectivity index (χ1) is 17.8. The van der Waals surface area contributed by atoms with Crippen LogP contribution in [0.15, 0.2) is 57.3 Å². The quantitative estimate of drug-likeness (QED) is 0.337. The zero-order valence-electron chi connectivity index (χ0n) is 20.8. The molecule has 0 saturated heterocycles. The van der Waals surface area contributed by atoms with Gasteiger partial charge in [-0.15, -0.1) is 0 Å². The molecule has 5 rings (SSSR count). The highest BCUT2D eigenvalue weighted by Crippen LogP contribution is 2.51. The average molecular weight is 605 g/mol. The van der Waals surface area contributed by atoms with E-state index in [1.807, 2.05) is 18.2 Å². The molecule has 5 nitrogen and oxygen atoms in total. The molecule has 0 saturated carbocycles. The number of carbonyl (C=O) groups is 2. The number of Topliss-reactive ketones (excluding diaryl/α,β-unsaturated/α-hetero) is 2. The molecule has 37 heavy (non-hydrogen) atoms. The summed E-state index contributed by atoms with van der Waals surface area (Å²) >= 11 is 16.0. The summed E-state index contributed by atoms with van der Waals surface area (Å²) in [5.74, 6) is 0.892. The van der Waals surface area contributed by atoms with Crippen molar-refractivity contribution in [3.05, 3.63) is 78.5 Å². The summed E-state index contributed by atoms with van der Waals surface area (Å²) < 4.78 is 12.6. The summed E-state index contributed by atoms with van der Waals surface area (Å²) in [6.45, 7) is 3.06. The summed E-state index contributed by atoms with van der Waals surface area (Å²) in [6, 6.07) is 9.12. The number of rotatable bonds is 6. The first kappa shape index (κ1) is 26.3. The predicted molar refractivity (Wildman–Crippen MR) is 148 cm³/mol. The Kier molecular flexibility index (Phi) is 7.71. The number of ketones is 2. The molecule has 1 heterocycles. The fourth-order valence-corrected chi connectivity index (χ4v) is 6.80. The van der Waals surface area contributed by atoms with E-state index in [0.29, 0.717) is 38.9 Å². The lowest BCUT2D eigenvalue weighted by Crippen LogP contribution is -2.39. The molecule has 3 aliphatic rings. The van der Waals surface area contributed by atoms with Gasteiger partial charge in [0.1, 0.15) is 6.61 Å². The van der Waals surface area contributed by atoms with Crippen molar-refractivity contribution < 1.29 is 19.1 Å². The van der Waals surface area contributed by atoms with Gasteiger partial charge < -0.3 is 14.4 Å². The number of benzene rings is 2. The SMILES string of the molecule is CCN1C2=C(C(=O)CCC2)C(c2cc(Br)c(OCc3ccc(Cl)cc3Cl)c(OC)c2)C2=C1CCCC2=O. The molecule has 0 spiro atoms.